The van der Waals surface area contributed by atoms with Gasteiger partial charge < -0.3 is 0 Å². The van der Waals surface area contributed by atoms with Gasteiger partial charge >= 0.3 is 0 Å². The second kappa shape index (κ2) is 6.58. The molecule has 0 radical (unpaired) electrons. The van der Waals surface area contributed by atoms with Crippen molar-refractivity contribution in [2.24, 2.45) is 5.92 Å². The van der Waals surface area contributed by atoms with Gasteiger partial charge in [0.1, 0.15) is 0 Å². The molecule has 1 saturated heterocycles. The third kappa shape index (κ3) is 3.19. The lowest BCUT2D eigenvalue weighted by molar-refractivity contribution is 0.134. The number of likely N-dealkylation sites (N-methyl/N-ethyl adjacent to an activating group) is 1. The summed E-state index contributed by atoms with van der Waals surface area (Å²) in [6, 6.07) is 0.725. The molecule has 0 spiro atoms. The molecular weight excluding hydrogens is 198 g/mol. The lowest BCUT2D eigenvalue weighted by Gasteiger charge is -2.29. The highest BCUT2D eigenvalue weighted by Crippen LogP contribution is 2.27. The topological polar surface area (TPSA) is 27.3 Å². The first-order chi connectivity index (χ1) is 7.92. The molecule has 94 valence electrons. The molecule has 3 heteroatoms. The van der Waals surface area contributed by atoms with Crippen molar-refractivity contribution >= 4 is 0 Å². The van der Waals surface area contributed by atoms with E-state index in [1.54, 1.807) is 0 Å². The van der Waals surface area contributed by atoms with Crippen molar-refractivity contribution in [2.75, 3.05) is 13.1 Å². The van der Waals surface area contributed by atoms with Crippen LogP contribution >= 0.6 is 0 Å². The molecule has 0 aromatic carbocycles. The zero-order valence-corrected chi connectivity index (χ0v) is 10.7. The number of nitrogens with one attached hydrogen (secondary N) is 2. The molecule has 1 unspecified atom stereocenters. The zero-order chi connectivity index (χ0) is 11.2. The van der Waals surface area contributed by atoms with Gasteiger partial charge in [-0.1, -0.05) is 45.4 Å². The second-order valence-corrected chi connectivity index (χ2v) is 5.30. The first kappa shape index (κ1) is 12.3. The van der Waals surface area contributed by atoms with E-state index in [-0.39, 0.29) is 0 Å². The molecule has 1 saturated carbocycles. The van der Waals surface area contributed by atoms with E-state index in [1.807, 2.05) is 0 Å². The van der Waals surface area contributed by atoms with Gasteiger partial charge in [-0.05, 0) is 18.8 Å². The fraction of sp³-hybridized carbons (Fsp3) is 1.00. The maximum Gasteiger partial charge on any atom is 0.0424 e. The summed E-state index contributed by atoms with van der Waals surface area (Å²) in [4.78, 5) is 0. The van der Waals surface area contributed by atoms with Gasteiger partial charge in [-0.2, -0.15) is 5.53 Å². The smallest absolute Gasteiger partial charge is 0.0424 e. The third-order valence-corrected chi connectivity index (χ3v) is 4.22. The molecule has 1 aliphatic heterocycles. The Hall–Kier alpha value is -0.120. The maximum atomic E-state index is 3.30. The molecule has 2 N–H and O–H groups in total. The van der Waals surface area contributed by atoms with Crippen LogP contribution in [0.25, 0.3) is 0 Å². The van der Waals surface area contributed by atoms with E-state index < -0.39 is 0 Å². The van der Waals surface area contributed by atoms with Crippen LogP contribution in [0.2, 0.25) is 0 Å². The summed E-state index contributed by atoms with van der Waals surface area (Å²) >= 11 is 0. The van der Waals surface area contributed by atoms with Gasteiger partial charge in [0.05, 0.1) is 0 Å². The Kier molecular flexibility index (Phi) is 5.07. The molecule has 0 amide bonds. The molecule has 1 heterocycles. The number of rotatable bonds is 2. The summed E-state index contributed by atoms with van der Waals surface area (Å²) in [5, 5.41) is 2.39. The van der Waals surface area contributed by atoms with Crippen molar-refractivity contribution in [1.29, 1.82) is 0 Å². The number of hydrazine groups is 2. The summed E-state index contributed by atoms with van der Waals surface area (Å²) in [5.74, 6) is 0.903. The number of hydrogen-bond acceptors (Lipinski definition) is 3. The van der Waals surface area contributed by atoms with Crippen molar-refractivity contribution in [3.8, 4) is 0 Å². The maximum absolute atomic E-state index is 3.30. The largest absolute Gasteiger partial charge is 0.242 e. The lowest BCUT2D eigenvalue weighted by atomic mass is 9.89. The average molecular weight is 225 g/mol. The molecule has 2 rings (SSSR count). The molecular formula is C13H27N3. The predicted molar refractivity (Wildman–Crippen MR) is 67.7 cm³/mol. The van der Waals surface area contributed by atoms with Crippen LogP contribution in [0.3, 0.4) is 0 Å². The van der Waals surface area contributed by atoms with E-state index in [0.717, 1.165) is 25.0 Å². The van der Waals surface area contributed by atoms with Crippen LogP contribution in [0.1, 0.15) is 58.3 Å². The van der Waals surface area contributed by atoms with Crippen LogP contribution < -0.4 is 11.0 Å². The van der Waals surface area contributed by atoms with Crippen LogP contribution in [0.15, 0.2) is 0 Å². The Morgan fingerprint density at radius 2 is 1.62 bits per heavy atom. The Morgan fingerprint density at radius 1 is 1.00 bits per heavy atom. The Labute approximate surface area is 99.9 Å². The van der Waals surface area contributed by atoms with Gasteiger partial charge in [-0.3, -0.25) is 0 Å². The first-order valence-electron chi connectivity index (χ1n) is 7.17. The number of hydrogen-bond donors (Lipinski definition) is 2. The third-order valence-electron chi connectivity index (χ3n) is 4.22. The normalized spacial score (nSPS) is 30.9. The summed E-state index contributed by atoms with van der Waals surface area (Å²) in [6.45, 7) is 4.47. The highest BCUT2D eigenvalue weighted by atomic mass is 15.7. The van der Waals surface area contributed by atoms with Gasteiger partial charge in [-0.25, -0.2) is 10.4 Å². The molecule has 2 aliphatic rings. The minimum Gasteiger partial charge on any atom is -0.242 e. The highest BCUT2D eigenvalue weighted by Gasteiger charge is 2.30. The van der Waals surface area contributed by atoms with Crippen LogP contribution in [0, 0.1) is 5.92 Å². The molecule has 1 aliphatic carbocycles. The SMILES string of the molecule is CCN1NNCC1C1CCCCCCCC1. The summed E-state index contributed by atoms with van der Waals surface area (Å²) in [5.41, 5.74) is 6.59. The van der Waals surface area contributed by atoms with Gasteiger partial charge in [0.2, 0.25) is 0 Å². The quantitative estimate of drug-likeness (QED) is 0.756. The average Bonchev–Trinajstić information content (AvgIpc) is 2.81. The highest BCUT2D eigenvalue weighted by molar-refractivity contribution is 4.82. The fourth-order valence-electron chi connectivity index (χ4n) is 3.23. The van der Waals surface area contributed by atoms with Crippen LogP contribution in [-0.4, -0.2) is 24.1 Å². The standard InChI is InChI=1S/C13H27N3/c1-2-16-13(11-14-15-16)12-9-7-5-3-4-6-8-10-12/h12-15H,2-11H2,1H3. The Bertz CT molecular complexity index is 186. The summed E-state index contributed by atoms with van der Waals surface area (Å²) < 4.78 is 0. The first-order valence-corrected chi connectivity index (χ1v) is 7.17. The van der Waals surface area contributed by atoms with Gasteiger partial charge in [-0.15, -0.1) is 0 Å². The van der Waals surface area contributed by atoms with E-state index >= 15 is 0 Å². The van der Waals surface area contributed by atoms with Gasteiger partial charge in [0.15, 0.2) is 0 Å². The lowest BCUT2D eigenvalue weighted by Crippen LogP contribution is -2.42. The molecule has 3 nitrogen and oxygen atoms in total. The monoisotopic (exact) mass is 225 g/mol. The van der Waals surface area contributed by atoms with Gasteiger partial charge in [0.25, 0.3) is 0 Å². The fourth-order valence-corrected chi connectivity index (χ4v) is 3.23. The molecule has 0 aromatic heterocycles. The minimum absolute atomic E-state index is 0.725. The zero-order valence-electron chi connectivity index (χ0n) is 10.7. The predicted octanol–water partition coefficient (Wildman–Crippen LogP) is 2.45. The van der Waals surface area contributed by atoms with Crippen LogP contribution in [0.5, 0.6) is 0 Å². The van der Waals surface area contributed by atoms with E-state index in [0.29, 0.717) is 0 Å². The van der Waals surface area contributed by atoms with E-state index in [1.165, 1.54) is 51.4 Å². The van der Waals surface area contributed by atoms with Crippen molar-refractivity contribution in [3.05, 3.63) is 0 Å². The summed E-state index contributed by atoms with van der Waals surface area (Å²) in [6.07, 6.45) is 11.6. The van der Waals surface area contributed by atoms with Crippen molar-refractivity contribution in [2.45, 2.75) is 64.3 Å². The van der Waals surface area contributed by atoms with Crippen LogP contribution in [0.4, 0.5) is 0 Å². The van der Waals surface area contributed by atoms with Crippen LogP contribution in [-0.2, 0) is 0 Å². The molecule has 0 aromatic rings. The second-order valence-electron chi connectivity index (χ2n) is 5.30. The Balaban J connectivity index is 1.88. The van der Waals surface area contributed by atoms with E-state index in [4.69, 9.17) is 0 Å². The minimum atomic E-state index is 0.725. The number of nitrogens with zero attached hydrogens (tertiary/aromatic N) is 1. The Morgan fingerprint density at radius 3 is 2.25 bits per heavy atom. The molecule has 1 atom stereocenters. The van der Waals surface area contributed by atoms with Gasteiger partial charge in [0, 0.05) is 19.1 Å². The molecule has 2 fully saturated rings. The molecule has 16 heavy (non-hydrogen) atoms. The van der Waals surface area contributed by atoms with E-state index in [9.17, 15) is 0 Å². The van der Waals surface area contributed by atoms with Crippen molar-refractivity contribution in [1.82, 2.24) is 16.0 Å². The summed E-state index contributed by atoms with van der Waals surface area (Å²) in [7, 11) is 0. The van der Waals surface area contributed by atoms with Crippen molar-refractivity contribution in [3.63, 3.8) is 0 Å². The van der Waals surface area contributed by atoms with E-state index in [2.05, 4.69) is 22.9 Å². The molecule has 0 bridgehead atoms. The van der Waals surface area contributed by atoms with Crippen molar-refractivity contribution < 1.29 is 0 Å².